The zero-order chi connectivity index (χ0) is 21.3. The molecule has 6 nitrogen and oxygen atoms in total. The highest BCUT2D eigenvalue weighted by Crippen LogP contribution is 2.19. The number of carbonyl (C=O) groups excluding carboxylic acids is 2. The van der Waals surface area contributed by atoms with Crippen molar-refractivity contribution in [3.63, 3.8) is 0 Å². The van der Waals surface area contributed by atoms with Gasteiger partial charge in [-0.05, 0) is 48.4 Å². The third kappa shape index (κ3) is 5.93. The molecule has 1 amide bonds. The molecule has 0 aromatic heterocycles. The van der Waals surface area contributed by atoms with E-state index < -0.39 is 5.97 Å². The number of benzene rings is 3. The number of hydrogen-bond acceptors (Lipinski definition) is 5. The summed E-state index contributed by atoms with van der Waals surface area (Å²) in [7, 11) is 0. The number of ether oxygens (including phenoxy) is 1. The van der Waals surface area contributed by atoms with E-state index in [1.165, 1.54) is 6.21 Å². The van der Waals surface area contributed by atoms with Crippen molar-refractivity contribution in [3.8, 4) is 5.75 Å². The van der Waals surface area contributed by atoms with Gasteiger partial charge in [0.2, 0.25) is 0 Å². The van der Waals surface area contributed by atoms with Crippen LogP contribution in [0.15, 0.2) is 77.9 Å². The monoisotopic (exact) mass is 421 g/mol. The number of hydrogen-bond donors (Lipinski definition) is 2. The van der Waals surface area contributed by atoms with E-state index in [0.717, 1.165) is 11.3 Å². The van der Waals surface area contributed by atoms with Crippen LogP contribution in [0.5, 0.6) is 5.75 Å². The number of nitrogens with zero attached hydrogens (tertiary/aromatic N) is 1. The molecule has 0 spiro atoms. The number of hydrazone groups is 1. The van der Waals surface area contributed by atoms with Crippen LogP contribution < -0.4 is 15.5 Å². The van der Waals surface area contributed by atoms with E-state index in [4.69, 9.17) is 16.3 Å². The average molecular weight is 422 g/mol. The van der Waals surface area contributed by atoms with Crippen molar-refractivity contribution in [1.29, 1.82) is 0 Å². The Morgan fingerprint density at radius 2 is 1.80 bits per heavy atom. The molecular formula is C23H20ClN3O3. The number of aryl methyl sites for hydroxylation is 1. The minimum Gasteiger partial charge on any atom is -0.423 e. The Morgan fingerprint density at radius 3 is 2.60 bits per heavy atom. The Bertz CT molecular complexity index is 1080. The van der Waals surface area contributed by atoms with Gasteiger partial charge in [0, 0.05) is 5.69 Å². The number of para-hydroxylation sites is 1. The van der Waals surface area contributed by atoms with Gasteiger partial charge in [0.15, 0.2) is 0 Å². The van der Waals surface area contributed by atoms with Crippen molar-refractivity contribution >= 4 is 35.4 Å². The summed E-state index contributed by atoms with van der Waals surface area (Å²) >= 11 is 6.02. The molecule has 0 atom stereocenters. The predicted molar refractivity (Wildman–Crippen MR) is 118 cm³/mol. The van der Waals surface area contributed by atoms with Gasteiger partial charge >= 0.3 is 5.97 Å². The minimum atomic E-state index is -0.551. The van der Waals surface area contributed by atoms with Crippen molar-refractivity contribution < 1.29 is 14.3 Å². The van der Waals surface area contributed by atoms with Gasteiger partial charge in [-0.25, -0.2) is 10.2 Å². The first-order chi connectivity index (χ1) is 14.5. The number of carbonyl (C=O) groups is 2. The summed E-state index contributed by atoms with van der Waals surface area (Å²) < 4.78 is 5.37. The molecule has 3 rings (SSSR count). The van der Waals surface area contributed by atoms with Crippen LogP contribution in [0.3, 0.4) is 0 Å². The topological polar surface area (TPSA) is 79.8 Å². The van der Waals surface area contributed by atoms with Crippen LogP contribution in [-0.2, 0) is 4.79 Å². The summed E-state index contributed by atoms with van der Waals surface area (Å²) in [6, 6.07) is 21.1. The molecule has 0 bridgehead atoms. The zero-order valence-corrected chi connectivity index (χ0v) is 17.0. The van der Waals surface area contributed by atoms with Crippen LogP contribution >= 0.6 is 11.6 Å². The second kappa shape index (κ2) is 10.2. The van der Waals surface area contributed by atoms with E-state index in [2.05, 4.69) is 15.8 Å². The van der Waals surface area contributed by atoms with Crippen molar-refractivity contribution in [2.24, 2.45) is 5.10 Å². The van der Waals surface area contributed by atoms with Crippen molar-refractivity contribution in [1.82, 2.24) is 5.43 Å². The first-order valence-corrected chi connectivity index (χ1v) is 9.59. The molecule has 30 heavy (non-hydrogen) atoms. The highest BCUT2D eigenvalue weighted by atomic mass is 35.5. The average Bonchev–Trinajstić information content (AvgIpc) is 2.74. The number of rotatable bonds is 7. The minimum absolute atomic E-state index is 0.0949. The summed E-state index contributed by atoms with van der Waals surface area (Å²) in [5, 5.41) is 7.32. The van der Waals surface area contributed by atoms with Crippen molar-refractivity contribution in [2.45, 2.75) is 6.92 Å². The summed E-state index contributed by atoms with van der Waals surface area (Å²) in [4.78, 5) is 24.2. The Morgan fingerprint density at radius 1 is 1.03 bits per heavy atom. The molecule has 0 heterocycles. The zero-order valence-electron chi connectivity index (χ0n) is 16.3. The molecule has 3 aromatic rings. The molecule has 0 aliphatic carbocycles. The van der Waals surface area contributed by atoms with E-state index >= 15 is 0 Å². The fraction of sp³-hybridized carbons (Fsp3) is 0.0870. The van der Waals surface area contributed by atoms with Crippen LogP contribution in [0.4, 0.5) is 5.69 Å². The molecule has 7 heteroatoms. The molecule has 3 aromatic carbocycles. The first-order valence-electron chi connectivity index (χ1n) is 9.21. The lowest BCUT2D eigenvalue weighted by Crippen LogP contribution is -2.26. The third-order valence-electron chi connectivity index (χ3n) is 4.15. The lowest BCUT2D eigenvalue weighted by molar-refractivity contribution is -0.119. The standard InChI is InChI=1S/C23H20ClN3O3/c1-16-7-2-5-12-21(16)25-15-22(28)27-26-14-17-8-6-9-18(13-17)30-23(29)19-10-3-4-11-20(19)24/h2-14,25H,15H2,1H3,(H,27,28). The summed E-state index contributed by atoms with van der Waals surface area (Å²) in [6.45, 7) is 2.06. The van der Waals surface area contributed by atoms with Crippen LogP contribution in [0.2, 0.25) is 5.02 Å². The van der Waals surface area contributed by atoms with Crippen molar-refractivity contribution in [3.05, 3.63) is 94.5 Å². The van der Waals surface area contributed by atoms with Crippen LogP contribution in [0, 0.1) is 6.92 Å². The number of esters is 1. The Labute approximate surface area is 179 Å². The smallest absolute Gasteiger partial charge is 0.345 e. The normalized spacial score (nSPS) is 10.6. The highest BCUT2D eigenvalue weighted by molar-refractivity contribution is 6.33. The van der Waals surface area contributed by atoms with E-state index in [0.29, 0.717) is 16.3 Å². The Hall–Kier alpha value is -3.64. The van der Waals surface area contributed by atoms with Gasteiger partial charge in [-0.2, -0.15) is 5.10 Å². The lowest BCUT2D eigenvalue weighted by atomic mass is 10.2. The second-order valence-corrected chi connectivity index (χ2v) is 6.81. The van der Waals surface area contributed by atoms with E-state index in [9.17, 15) is 9.59 Å². The maximum Gasteiger partial charge on any atom is 0.345 e. The van der Waals surface area contributed by atoms with Crippen LogP contribution in [0.25, 0.3) is 0 Å². The Balaban J connectivity index is 1.54. The summed E-state index contributed by atoms with van der Waals surface area (Å²) in [6.07, 6.45) is 1.47. The maximum atomic E-state index is 12.3. The van der Waals surface area contributed by atoms with Gasteiger partial charge in [-0.3, -0.25) is 4.79 Å². The molecule has 2 N–H and O–H groups in total. The fourth-order valence-corrected chi connectivity index (χ4v) is 2.83. The predicted octanol–water partition coefficient (Wildman–Crippen LogP) is 4.43. The molecule has 0 saturated carbocycles. The second-order valence-electron chi connectivity index (χ2n) is 6.40. The summed E-state index contributed by atoms with van der Waals surface area (Å²) in [5.41, 5.74) is 5.35. The highest BCUT2D eigenvalue weighted by Gasteiger charge is 2.12. The molecule has 152 valence electrons. The van der Waals surface area contributed by atoms with Gasteiger partial charge in [-0.1, -0.05) is 54.1 Å². The third-order valence-corrected chi connectivity index (χ3v) is 4.48. The van der Waals surface area contributed by atoms with Gasteiger partial charge < -0.3 is 10.1 Å². The Kier molecular flexibility index (Phi) is 7.19. The number of nitrogens with one attached hydrogen (secondary N) is 2. The molecule has 0 saturated heterocycles. The first kappa shape index (κ1) is 21.1. The maximum absolute atomic E-state index is 12.3. The van der Waals surface area contributed by atoms with Gasteiger partial charge in [0.05, 0.1) is 23.3 Å². The number of anilines is 1. The van der Waals surface area contributed by atoms with Gasteiger partial charge in [-0.15, -0.1) is 0 Å². The van der Waals surface area contributed by atoms with E-state index in [1.54, 1.807) is 48.5 Å². The molecule has 0 fully saturated rings. The van der Waals surface area contributed by atoms with Gasteiger partial charge in [0.25, 0.3) is 5.91 Å². The lowest BCUT2D eigenvalue weighted by Gasteiger charge is -2.08. The van der Waals surface area contributed by atoms with Gasteiger partial charge in [0.1, 0.15) is 5.75 Å². The molecule has 0 radical (unpaired) electrons. The summed E-state index contributed by atoms with van der Waals surface area (Å²) in [5.74, 6) is -0.488. The van der Waals surface area contributed by atoms with Crippen molar-refractivity contribution in [2.75, 3.05) is 11.9 Å². The fourth-order valence-electron chi connectivity index (χ4n) is 2.61. The molecule has 0 unspecified atom stereocenters. The SMILES string of the molecule is Cc1ccccc1NCC(=O)NN=Cc1cccc(OC(=O)c2ccccc2Cl)c1. The van der Waals surface area contributed by atoms with Crippen LogP contribution in [0.1, 0.15) is 21.5 Å². The molecular weight excluding hydrogens is 402 g/mol. The van der Waals surface area contributed by atoms with E-state index in [-0.39, 0.29) is 18.0 Å². The quantitative estimate of drug-likeness (QED) is 0.256. The van der Waals surface area contributed by atoms with E-state index in [1.807, 2.05) is 31.2 Å². The molecule has 0 aliphatic rings. The number of amides is 1. The largest absolute Gasteiger partial charge is 0.423 e. The number of halogens is 1. The molecule has 0 aliphatic heterocycles. The van der Waals surface area contributed by atoms with Crippen LogP contribution in [-0.4, -0.2) is 24.6 Å².